The van der Waals surface area contributed by atoms with Crippen LogP contribution in [0.1, 0.15) is 5.56 Å². The molecule has 3 rings (SSSR count). The molecule has 5 nitrogen and oxygen atoms in total. The molecule has 0 saturated carbocycles. The first-order chi connectivity index (χ1) is 8.76. The molecule has 92 valence electrons. The summed E-state index contributed by atoms with van der Waals surface area (Å²) in [6.45, 7) is 3.30. The van der Waals surface area contributed by atoms with E-state index >= 15 is 0 Å². The van der Waals surface area contributed by atoms with Crippen LogP contribution in [0.15, 0.2) is 24.4 Å². The predicted octanol–water partition coefficient (Wildman–Crippen LogP) is 1.82. The van der Waals surface area contributed by atoms with Crippen LogP contribution in [0.5, 0.6) is 0 Å². The summed E-state index contributed by atoms with van der Waals surface area (Å²) in [5.41, 5.74) is 8.52. The third-order valence-electron chi connectivity index (χ3n) is 2.66. The quantitative estimate of drug-likeness (QED) is 0.779. The molecule has 0 bridgehead atoms. The Bertz CT molecular complexity index is 685. The van der Waals surface area contributed by atoms with Gasteiger partial charge < -0.3 is 5.73 Å². The molecular formula is C12H13N5S. The minimum atomic E-state index is 0.557. The summed E-state index contributed by atoms with van der Waals surface area (Å²) < 4.78 is 2.91. The Morgan fingerprint density at radius 2 is 2.28 bits per heavy atom. The summed E-state index contributed by atoms with van der Waals surface area (Å²) in [5, 5.41) is 9.05. The molecule has 0 unspecified atom stereocenters. The minimum Gasteiger partial charge on any atom is -0.329 e. The molecule has 0 aliphatic heterocycles. The number of nitrogens with two attached hydrogens (primary N) is 1. The zero-order valence-electron chi connectivity index (χ0n) is 10.00. The lowest BCUT2D eigenvalue weighted by Crippen LogP contribution is -2.10. The van der Waals surface area contributed by atoms with Crippen LogP contribution >= 0.6 is 11.3 Å². The van der Waals surface area contributed by atoms with Crippen molar-refractivity contribution in [3.63, 3.8) is 0 Å². The van der Waals surface area contributed by atoms with E-state index in [0.29, 0.717) is 13.1 Å². The fraction of sp³-hybridized carbons (Fsp3) is 0.250. The van der Waals surface area contributed by atoms with E-state index in [1.54, 1.807) is 16.0 Å². The van der Waals surface area contributed by atoms with Crippen molar-refractivity contribution in [1.82, 2.24) is 20.0 Å². The maximum absolute atomic E-state index is 5.48. The number of rotatable bonds is 3. The third kappa shape index (κ3) is 2.00. The molecule has 1 aromatic carbocycles. The van der Waals surface area contributed by atoms with Crippen molar-refractivity contribution in [2.75, 3.05) is 6.54 Å². The number of hydrogen-bond donors (Lipinski definition) is 1. The zero-order valence-corrected chi connectivity index (χ0v) is 10.8. The second-order valence-corrected chi connectivity index (χ2v) is 5.18. The highest BCUT2D eigenvalue weighted by atomic mass is 32.1. The van der Waals surface area contributed by atoms with Crippen molar-refractivity contribution in [3.05, 3.63) is 30.0 Å². The van der Waals surface area contributed by atoms with Gasteiger partial charge in [0, 0.05) is 6.54 Å². The van der Waals surface area contributed by atoms with Gasteiger partial charge in [0.1, 0.15) is 10.7 Å². The molecule has 18 heavy (non-hydrogen) atoms. The highest BCUT2D eigenvalue weighted by Crippen LogP contribution is 2.29. The van der Waals surface area contributed by atoms with Crippen molar-refractivity contribution < 1.29 is 0 Å². The fourth-order valence-corrected chi connectivity index (χ4v) is 2.68. The van der Waals surface area contributed by atoms with Crippen LogP contribution in [0.2, 0.25) is 0 Å². The highest BCUT2D eigenvalue weighted by molar-refractivity contribution is 7.21. The van der Waals surface area contributed by atoms with Gasteiger partial charge in [0.15, 0.2) is 0 Å². The number of thiazole rings is 1. The smallest absolute Gasteiger partial charge is 0.146 e. The average Bonchev–Trinajstić information content (AvgIpc) is 2.94. The minimum absolute atomic E-state index is 0.557. The van der Waals surface area contributed by atoms with Crippen molar-refractivity contribution in [3.8, 4) is 10.7 Å². The van der Waals surface area contributed by atoms with Gasteiger partial charge in [-0.1, -0.05) is 11.3 Å². The molecule has 0 fully saturated rings. The lowest BCUT2D eigenvalue weighted by atomic mass is 10.2. The zero-order chi connectivity index (χ0) is 12.5. The molecular weight excluding hydrogens is 246 g/mol. The summed E-state index contributed by atoms with van der Waals surface area (Å²) >= 11 is 1.63. The van der Waals surface area contributed by atoms with Gasteiger partial charge in [-0.05, 0) is 24.6 Å². The maximum Gasteiger partial charge on any atom is 0.146 e. The van der Waals surface area contributed by atoms with Crippen LogP contribution in [0.4, 0.5) is 0 Å². The third-order valence-corrected chi connectivity index (χ3v) is 3.72. The Hall–Kier alpha value is -1.79. The first-order valence-corrected chi connectivity index (χ1v) is 6.55. The summed E-state index contributed by atoms with van der Waals surface area (Å²) in [7, 11) is 0. The average molecular weight is 259 g/mol. The second kappa shape index (κ2) is 4.47. The molecule has 2 aromatic heterocycles. The van der Waals surface area contributed by atoms with Crippen molar-refractivity contribution >= 4 is 21.6 Å². The SMILES string of the molecule is Cc1ccc2sc(-c3cn(CCN)nn3)nc2c1. The standard InChI is InChI=1S/C12H13N5S/c1-8-2-3-11-9(6-8)14-12(18-11)10-7-17(5-4-13)16-15-10/h2-3,6-7H,4-5,13H2,1H3. The van der Waals surface area contributed by atoms with Crippen LogP contribution in [-0.2, 0) is 6.54 Å². The van der Waals surface area contributed by atoms with Crippen molar-refractivity contribution in [2.45, 2.75) is 13.5 Å². The van der Waals surface area contributed by atoms with Crippen LogP contribution in [-0.4, -0.2) is 26.5 Å². The van der Waals surface area contributed by atoms with E-state index in [9.17, 15) is 0 Å². The predicted molar refractivity (Wildman–Crippen MR) is 72.4 cm³/mol. The number of aromatic nitrogens is 4. The topological polar surface area (TPSA) is 69.6 Å². The Morgan fingerprint density at radius 1 is 1.39 bits per heavy atom. The molecule has 0 saturated heterocycles. The first kappa shape index (κ1) is 11.3. The van der Waals surface area contributed by atoms with Crippen LogP contribution < -0.4 is 5.73 Å². The molecule has 0 spiro atoms. The number of hydrogen-bond acceptors (Lipinski definition) is 5. The molecule has 0 amide bonds. The van der Waals surface area contributed by atoms with E-state index in [4.69, 9.17) is 5.73 Å². The number of aryl methyl sites for hydroxylation is 1. The lowest BCUT2D eigenvalue weighted by Gasteiger charge is -1.92. The van der Waals surface area contributed by atoms with Gasteiger partial charge in [0.25, 0.3) is 0 Å². The summed E-state index contributed by atoms with van der Waals surface area (Å²) in [6.07, 6.45) is 1.89. The van der Waals surface area contributed by atoms with E-state index < -0.39 is 0 Å². The number of benzene rings is 1. The Balaban J connectivity index is 2.02. The Kier molecular flexibility index (Phi) is 2.81. The maximum atomic E-state index is 5.48. The lowest BCUT2D eigenvalue weighted by molar-refractivity contribution is 0.598. The van der Waals surface area contributed by atoms with Gasteiger partial charge >= 0.3 is 0 Å². The normalized spacial score (nSPS) is 11.2. The summed E-state index contributed by atoms with van der Waals surface area (Å²) in [4.78, 5) is 4.59. The Morgan fingerprint density at radius 3 is 3.11 bits per heavy atom. The van der Waals surface area contributed by atoms with E-state index in [1.807, 2.05) is 6.20 Å². The molecule has 0 aliphatic rings. The summed E-state index contributed by atoms with van der Waals surface area (Å²) in [5.74, 6) is 0. The van der Waals surface area contributed by atoms with Crippen LogP contribution in [0, 0.1) is 6.92 Å². The molecule has 0 aliphatic carbocycles. The summed E-state index contributed by atoms with van der Waals surface area (Å²) in [6, 6.07) is 6.27. The van der Waals surface area contributed by atoms with Gasteiger partial charge in [-0.2, -0.15) is 0 Å². The van der Waals surface area contributed by atoms with E-state index in [2.05, 4.69) is 40.4 Å². The molecule has 2 N–H and O–H groups in total. The van der Waals surface area contributed by atoms with Crippen LogP contribution in [0.25, 0.3) is 20.9 Å². The molecule has 0 radical (unpaired) electrons. The first-order valence-electron chi connectivity index (χ1n) is 5.74. The van der Waals surface area contributed by atoms with E-state index in [1.165, 1.54) is 10.3 Å². The van der Waals surface area contributed by atoms with Crippen molar-refractivity contribution in [2.24, 2.45) is 5.73 Å². The molecule has 2 heterocycles. The second-order valence-electron chi connectivity index (χ2n) is 4.15. The van der Waals surface area contributed by atoms with Gasteiger partial charge in [0.2, 0.25) is 0 Å². The highest BCUT2D eigenvalue weighted by Gasteiger charge is 2.09. The monoisotopic (exact) mass is 259 g/mol. The van der Waals surface area contributed by atoms with Gasteiger partial charge in [-0.15, -0.1) is 16.4 Å². The number of fused-ring (bicyclic) bond motifs is 1. The Labute approximate surface area is 108 Å². The number of nitrogens with zero attached hydrogens (tertiary/aromatic N) is 4. The van der Waals surface area contributed by atoms with Crippen LogP contribution in [0.3, 0.4) is 0 Å². The molecule has 3 aromatic rings. The molecule has 0 atom stereocenters. The molecule has 6 heteroatoms. The van der Waals surface area contributed by atoms with Crippen molar-refractivity contribution in [1.29, 1.82) is 0 Å². The van der Waals surface area contributed by atoms with Gasteiger partial charge in [-0.25, -0.2) is 4.98 Å². The van der Waals surface area contributed by atoms with E-state index in [0.717, 1.165) is 16.2 Å². The van der Waals surface area contributed by atoms with Gasteiger partial charge in [0.05, 0.1) is 23.0 Å². The van der Waals surface area contributed by atoms with Gasteiger partial charge in [-0.3, -0.25) is 4.68 Å². The largest absolute Gasteiger partial charge is 0.329 e. The van der Waals surface area contributed by atoms with E-state index in [-0.39, 0.29) is 0 Å². The fourth-order valence-electron chi connectivity index (χ4n) is 1.78.